The number of hydrogen-bond donors (Lipinski definition) is 3. The summed E-state index contributed by atoms with van der Waals surface area (Å²) in [4.78, 5) is 13.4. The minimum atomic E-state index is -0.415. The minimum Gasteiger partial charge on any atom is -0.486 e. The van der Waals surface area contributed by atoms with E-state index in [1.165, 1.54) is 11.1 Å². The number of aromatic nitrogens is 1. The van der Waals surface area contributed by atoms with Gasteiger partial charge in [-0.05, 0) is 55.8 Å². The SMILES string of the molecule is Cc1cccc(-c2ccc(OCc3c(C)cccc3N(C)N)c(F)c2)n1.NNC=O. The van der Waals surface area contributed by atoms with Crippen LogP contribution in [0.25, 0.3) is 11.3 Å². The van der Waals surface area contributed by atoms with E-state index in [-0.39, 0.29) is 12.4 Å². The van der Waals surface area contributed by atoms with Gasteiger partial charge in [0, 0.05) is 23.9 Å². The second-order valence-corrected chi connectivity index (χ2v) is 6.57. The normalized spacial score (nSPS) is 9.93. The van der Waals surface area contributed by atoms with Crippen LogP contribution in [-0.2, 0) is 11.4 Å². The number of benzene rings is 2. The molecular weight excluding hydrogens is 385 g/mol. The molecule has 0 aliphatic rings. The Morgan fingerprint density at radius 2 is 1.87 bits per heavy atom. The lowest BCUT2D eigenvalue weighted by Crippen LogP contribution is -2.26. The number of pyridine rings is 1. The van der Waals surface area contributed by atoms with Crippen LogP contribution in [0.2, 0.25) is 0 Å². The Labute approximate surface area is 175 Å². The molecule has 5 N–H and O–H groups in total. The third-order valence-corrected chi connectivity index (χ3v) is 4.32. The van der Waals surface area contributed by atoms with Gasteiger partial charge < -0.3 is 9.75 Å². The zero-order chi connectivity index (χ0) is 22.1. The van der Waals surface area contributed by atoms with Gasteiger partial charge in [0.15, 0.2) is 11.6 Å². The van der Waals surface area contributed by atoms with Crippen molar-refractivity contribution in [2.45, 2.75) is 20.5 Å². The molecular formula is C22H26FN5O2. The molecule has 3 rings (SSSR count). The topological polar surface area (TPSA) is 106 Å². The van der Waals surface area contributed by atoms with E-state index in [2.05, 4.69) is 10.8 Å². The van der Waals surface area contributed by atoms with Crippen LogP contribution in [0.3, 0.4) is 0 Å². The molecule has 0 spiro atoms. The largest absolute Gasteiger partial charge is 0.486 e. The summed E-state index contributed by atoms with van der Waals surface area (Å²) in [7, 11) is 1.77. The van der Waals surface area contributed by atoms with Gasteiger partial charge in [0.25, 0.3) is 0 Å². The van der Waals surface area contributed by atoms with Crippen molar-refractivity contribution in [3.63, 3.8) is 0 Å². The molecule has 7 nitrogen and oxygen atoms in total. The van der Waals surface area contributed by atoms with E-state index in [0.717, 1.165) is 33.8 Å². The van der Waals surface area contributed by atoms with Crippen molar-refractivity contribution in [1.82, 2.24) is 10.4 Å². The summed E-state index contributed by atoms with van der Waals surface area (Å²) in [6, 6.07) is 16.4. The van der Waals surface area contributed by atoms with Crippen molar-refractivity contribution in [2.24, 2.45) is 11.7 Å². The van der Waals surface area contributed by atoms with Gasteiger partial charge in [-0.15, -0.1) is 0 Å². The summed E-state index contributed by atoms with van der Waals surface area (Å²) in [6.07, 6.45) is 0.403. The molecule has 0 aliphatic heterocycles. The van der Waals surface area contributed by atoms with Gasteiger partial charge in [0.2, 0.25) is 6.41 Å². The number of carbonyl (C=O) groups excluding carboxylic acids is 1. The summed E-state index contributed by atoms with van der Waals surface area (Å²) in [5.41, 5.74) is 6.92. The third kappa shape index (κ3) is 6.00. The molecule has 1 aromatic heterocycles. The molecule has 2 aromatic carbocycles. The number of hydrazine groups is 2. The van der Waals surface area contributed by atoms with E-state index < -0.39 is 5.82 Å². The number of rotatable bonds is 6. The quantitative estimate of drug-likeness (QED) is 0.249. The van der Waals surface area contributed by atoms with E-state index in [1.807, 2.05) is 56.3 Å². The lowest BCUT2D eigenvalue weighted by molar-refractivity contribution is -0.109. The van der Waals surface area contributed by atoms with Crippen LogP contribution in [0.15, 0.2) is 54.6 Å². The maximum Gasteiger partial charge on any atom is 0.221 e. The molecule has 0 bridgehead atoms. The fourth-order valence-corrected chi connectivity index (χ4v) is 2.84. The van der Waals surface area contributed by atoms with E-state index >= 15 is 0 Å². The van der Waals surface area contributed by atoms with Crippen LogP contribution < -0.4 is 26.9 Å². The van der Waals surface area contributed by atoms with Crippen molar-refractivity contribution >= 4 is 12.1 Å². The van der Waals surface area contributed by atoms with Gasteiger partial charge in [-0.1, -0.05) is 18.2 Å². The molecule has 1 amide bonds. The van der Waals surface area contributed by atoms with Crippen LogP contribution in [0, 0.1) is 19.7 Å². The van der Waals surface area contributed by atoms with Gasteiger partial charge in [0.05, 0.1) is 11.4 Å². The first-order valence-corrected chi connectivity index (χ1v) is 9.20. The van der Waals surface area contributed by atoms with E-state index in [1.54, 1.807) is 18.5 Å². The first-order valence-electron chi connectivity index (χ1n) is 9.20. The molecule has 8 heteroatoms. The van der Waals surface area contributed by atoms with Crippen molar-refractivity contribution < 1.29 is 13.9 Å². The molecule has 0 fully saturated rings. The number of carbonyl (C=O) groups is 1. The Kier molecular flexibility index (Phi) is 8.28. The molecule has 0 atom stereocenters. The average Bonchev–Trinajstić information content (AvgIpc) is 2.73. The Balaban J connectivity index is 0.000000735. The number of anilines is 1. The van der Waals surface area contributed by atoms with Crippen molar-refractivity contribution in [3.05, 3.63) is 77.2 Å². The summed E-state index contributed by atoms with van der Waals surface area (Å²) >= 11 is 0. The summed E-state index contributed by atoms with van der Waals surface area (Å²) in [6.45, 7) is 4.13. The number of amides is 1. The van der Waals surface area contributed by atoms with Crippen molar-refractivity contribution in [3.8, 4) is 17.0 Å². The highest BCUT2D eigenvalue weighted by atomic mass is 19.1. The lowest BCUT2D eigenvalue weighted by Gasteiger charge is -2.19. The van der Waals surface area contributed by atoms with Gasteiger partial charge in [-0.25, -0.2) is 16.1 Å². The Hall–Kier alpha value is -3.49. The second kappa shape index (κ2) is 10.9. The van der Waals surface area contributed by atoms with Gasteiger partial charge in [0.1, 0.15) is 6.61 Å². The van der Waals surface area contributed by atoms with E-state index in [4.69, 9.17) is 15.4 Å². The molecule has 3 aromatic rings. The summed E-state index contributed by atoms with van der Waals surface area (Å²) in [5.74, 6) is 10.1. The minimum absolute atomic E-state index is 0.204. The predicted octanol–water partition coefficient (Wildman–Crippen LogP) is 3.00. The number of ether oxygens (including phenoxy) is 1. The lowest BCUT2D eigenvalue weighted by atomic mass is 10.1. The number of aryl methyl sites for hydroxylation is 2. The molecule has 0 radical (unpaired) electrons. The molecule has 1 heterocycles. The smallest absolute Gasteiger partial charge is 0.221 e. The highest BCUT2D eigenvalue weighted by molar-refractivity contribution is 5.60. The van der Waals surface area contributed by atoms with Gasteiger partial charge >= 0.3 is 0 Å². The van der Waals surface area contributed by atoms with Gasteiger partial charge in [-0.2, -0.15) is 0 Å². The second-order valence-electron chi connectivity index (χ2n) is 6.57. The maximum absolute atomic E-state index is 14.5. The molecule has 158 valence electrons. The average molecular weight is 411 g/mol. The Morgan fingerprint density at radius 3 is 2.47 bits per heavy atom. The highest BCUT2D eigenvalue weighted by Gasteiger charge is 2.12. The fourth-order valence-electron chi connectivity index (χ4n) is 2.84. The zero-order valence-corrected chi connectivity index (χ0v) is 17.2. The van der Waals surface area contributed by atoms with Crippen LogP contribution in [0.5, 0.6) is 5.75 Å². The predicted molar refractivity (Wildman–Crippen MR) is 116 cm³/mol. The maximum atomic E-state index is 14.5. The van der Waals surface area contributed by atoms with Gasteiger partial charge in [-0.3, -0.25) is 15.2 Å². The first-order chi connectivity index (χ1) is 14.4. The number of hydrogen-bond acceptors (Lipinski definition) is 6. The first kappa shape index (κ1) is 22.8. The standard InChI is InChI=1S/C21H22FN3O.CH4N2O/c1-14-6-4-9-20(25(3)23)17(14)13-26-21-11-10-16(12-18(21)22)19-8-5-7-15(2)24-19;2-3-1-4/h4-12H,13,23H2,1-3H3;1H,2H2,(H,3,4). The Bertz CT molecular complexity index is 995. The molecule has 0 unspecified atom stereocenters. The van der Waals surface area contributed by atoms with E-state index in [0.29, 0.717) is 6.41 Å². The number of nitrogens with zero attached hydrogens (tertiary/aromatic N) is 2. The highest BCUT2D eigenvalue weighted by Crippen LogP contribution is 2.27. The summed E-state index contributed by atoms with van der Waals surface area (Å²) < 4.78 is 20.2. The molecule has 0 saturated carbocycles. The van der Waals surface area contributed by atoms with Crippen LogP contribution in [0.4, 0.5) is 10.1 Å². The molecule has 0 saturated heterocycles. The molecule has 30 heavy (non-hydrogen) atoms. The van der Waals surface area contributed by atoms with Crippen molar-refractivity contribution in [1.29, 1.82) is 0 Å². The monoisotopic (exact) mass is 411 g/mol. The number of nitrogens with two attached hydrogens (primary N) is 2. The van der Waals surface area contributed by atoms with E-state index in [9.17, 15) is 4.39 Å². The fraction of sp³-hybridized carbons (Fsp3) is 0.182. The zero-order valence-electron chi connectivity index (χ0n) is 17.2. The number of nitrogens with one attached hydrogen (secondary N) is 1. The summed E-state index contributed by atoms with van der Waals surface area (Å²) in [5, 5.41) is 1.54. The number of halogens is 1. The third-order valence-electron chi connectivity index (χ3n) is 4.32. The van der Waals surface area contributed by atoms with Crippen molar-refractivity contribution in [2.75, 3.05) is 12.1 Å². The Morgan fingerprint density at radius 1 is 1.17 bits per heavy atom. The van der Waals surface area contributed by atoms with Crippen LogP contribution in [0.1, 0.15) is 16.8 Å². The molecule has 0 aliphatic carbocycles. The van der Waals surface area contributed by atoms with Crippen LogP contribution >= 0.6 is 0 Å². The van der Waals surface area contributed by atoms with Crippen LogP contribution in [-0.4, -0.2) is 18.4 Å².